The van der Waals surface area contributed by atoms with Crippen molar-refractivity contribution in [3.05, 3.63) is 47.5 Å². The number of carbonyl (C=O) groups excluding carboxylic acids is 1. The summed E-state index contributed by atoms with van der Waals surface area (Å²) in [6.07, 6.45) is 6.79. The van der Waals surface area contributed by atoms with E-state index in [1.54, 1.807) is 19.1 Å². The monoisotopic (exact) mass is 304 g/mol. The molecule has 0 fully saturated rings. The Morgan fingerprint density at radius 2 is 2.13 bits per heavy atom. The van der Waals surface area contributed by atoms with Crippen molar-refractivity contribution in [1.82, 2.24) is 5.32 Å². The summed E-state index contributed by atoms with van der Waals surface area (Å²) in [6, 6.07) is 13.3. The van der Waals surface area contributed by atoms with E-state index in [0.29, 0.717) is 17.9 Å². The van der Waals surface area contributed by atoms with Gasteiger partial charge in [-0.15, -0.1) is 6.42 Å². The van der Waals surface area contributed by atoms with E-state index in [0.717, 1.165) is 10.8 Å². The van der Waals surface area contributed by atoms with Crippen LogP contribution in [-0.2, 0) is 4.79 Å². The zero-order valence-corrected chi connectivity index (χ0v) is 12.8. The number of terminal acetylenes is 1. The van der Waals surface area contributed by atoms with Gasteiger partial charge in [0, 0.05) is 12.1 Å². The van der Waals surface area contributed by atoms with Crippen LogP contribution in [0.2, 0.25) is 0 Å². The van der Waals surface area contributed by atoms with E-state index < -0.39 is 5.91 Å². The van der Waals surface area contributed by atoms with Crippen LogP contribution in [0, 0.1) is 23.7 Å². The second kappa shape index (κ2) is 7.68. The molecule has 0 heterocycles. The van der Waals surface area contributed by atoms with Crippen LogP contribution in [0.1, 0.15) is 12.5 Å². The van der Waals surface area contributed by atoms with Gasteiger partial charge in [-0.3, -0.25) is 4.79 Å². The van der Waals surface area contributed by atoms with Gasteiger partial charge in [0.1, 0.15) is 24.0 Å². The quantitative estimate of drug-likeness (QED) is 0.525. The van der Waals surface area contributed by atoms with Crippen molar-refractivity contribution in [1.29, 1.82) is 5.26 Å². The lowest BCUT2D eigenvalue weighted by atomic mass is 10.0. The van der Waals surface area contributed by atoms with Gasteiger partial charge in [-0.05, 0) is 29.8 Å². The molecule has 2 aromatic carbocycles. The largest absolute Gasteiger partial charge is 0.480 e. The smallest absolute Gasteiger partial charge is 0.261 e. The molecule has 2 aromatic rings. The number of nitriles is 1. The third kappa shape index (κ3) is 3.70. The summed E-state index contributed by atoms with van der Waals surface area (Å²) in [6.45, 7) is 2.36. The number of carbonyl (C=O) groups is 1. The molecule has 0 spiro atoms. The first kappa shape index (κ1) is 16.1. The maximum absolute atomic E-state index is 12.0. The first-order chi connectivity index (χ1) is 11.2. The molecule has 0 aliphatic rings. The molecule has 1 amide bonds. The molecule has 0 aliphatic carbocycles. The summed E-state index contributed by atoms with van der Waals surface area (Å²) < 4.78 is 5.56. The van der Waals surface area contributed by atoms with Gasteiger partial charge < -0.3 is 10.1 Å². The molecule has 0 saturated heterocycles. The molecule has 0 radical (unpaired) electrons. The van der Waals surface area contributed by atoms with Crippen molar-refractivity contribution >= 4 is 22.8 Å². The predicted molar refractivity (Wildman–Crippen MR) is 90.5 cm³/mol. The highest BCUT2D eigenvalue weighted by Crippen LogP contribution is 2.30. The van der Waals surface area contributed by atoms with Crippen molar-refractivity contribution in [3.63, 3.8) is 0 Å². The van der Waals surface area contributed by atoms with Crippen molar-refractivity contribution < 1.29 is 9.53 Å². The number of nitrogens with one attached hydrogen (secondary N) is 1. The maximum Gasteiger partial charge on any atom is 0.261 e. The van der Waals surface area contributed by atoms with Crippen LogP contribution in [0.25, 0.3) is 16.8 Å². The number of benzene rings is 2. The molecular formula is C19H16N2O2. The van der Waals surface area contributed by atoms with Crippen molar-refractivity contribution in [2.75, 3.05) is 13.2 Å². The van der Waals surface area contributed by atoms with Crippen LogP contribution in [-0.4, -0.2) is 19.1 Å². The number of fused-ring (bicyclic) bond motifs is 1. The Balaban J connectivity index is 2.62. The summed E-state index contributed by atoms with van der Waals surface area (Å²) in [4.78, 5) is 12.0. The zero-order chi connectivity index (χ0) is 16.7. The van der Waals surface area contributed by atoms with Gasteiger partial charge in [-0.2, -0.15) is 5.26 Å². The minimum Gasteiger partial charge on any atom is -0.480 e. The molecule has 4 nitrogen and oxygen atoms in total. The fourth-order valence-electron chi connectivity index (χ4n) is 2.22. The number of amides is 1. The van der Waals surface area contributed by atoms with Gasteiger partial charge in [0.15, 0.2) is 0 Å². The van der Waals surface area contributed by atoms with E-state index in [9.17, 15) is 10.1 Å². The lowest BCUT2D eigenvalue weighted by Gasteiger charge is -2.11. The second-order valence-electron chi connectivity index (χ2n) is 4.72. The molecule has 1 N–H and O–H groups in total. The minimum absolute atomic E-state index is 0.0220. The minimum atomic E-state index is -0.411. The zero-order valence-electron chi connectivity index (χ0n) is 12.8. The van der Waals surface area contributed by atoms with E-state index >= 15 is 0 Å². The molecule has 4 heteroatoms. The lowest BCUT2D eigenvalue weighted by molar-refractivity contribution is -0.116. The van der Waals surface area contributed by atoms with Crippen LogP contribution in [0.5, 0.6) is 5.75 Å². The number of nitrogens with zero attached hydrogens (tertiary/aromatic N) is 1. The average Bonchev–Trinajstić information content (AvgIpc) is 2.58. The Labute approximate surface area is 135 Å². The number of hydrogen-bond acceptors (Lipinski definition) is 3. The fourth-order valence-corrected chi connectivity index (χ4v) is 2.22. The van der Waals surface area contributed by atoms with E-state index in [-0.39, 0.29) is 12.2 Å². The molecule has 0 unspecified atom stereocenters. The average molecular weight is 304 g/mol. The van der Waals surface area contributed by atoms with Crippen LogP contribution in [0.15, 0.2) is 42.0 Å². The predicted octanol–water partition coefficient (Wildman–Crippen LogP) is 2.89. The molecule has 0 aromatic heterocycles. The highest BCUT2D eigenvalue weighted by Gasteiger charge is 2.12. The van der Waals surface area contributed by atoms with Gasteiger partial charge in [-0.1, -0.05) is 36.3 Å². The SMILES string of the molecule is C#CCOc1ccc2ccccc2c1/C=C(\C#N)C(=O)NCC. The second-order valence-corrected chi connectivity index (χ2v) is 4.72. The van der Waals surface area contributed by atoms with Crippen LogP contribution in [0.3, 0.4) is 0 Å². The molecule has 23 heavy (non-hydrogen) atoms. The van der Waals surface area contributed by atoms with E-state index in [1.165, 1.54) is 0 Å². The Bertz CT molecular complexity index is 839. The third-order valence-corrected chi connectivity index (χ3v) is 3.23. The highest BCUT2D eigenvalue weighted by molar-refractivity contribution is 6.04. The van der Waals surface area contributed by atoms with Crippen LogP contribution < -0.4 is 10.1 Å². The van der Waals surface area contributed by atoms with Crippen LogP contribution >= 0.6 is 0 Å². The van der Waals surface area contributed by atoms with Gasteiger partial charge in [0.2, 0.25) is 0 Å². The summed E-state index contributed by atoms with van der Waals surface area (Å²) in [5.74, 6) is 2.54. The standard InChI is InChI=1S/C19H16N2O2/c1-3-11-23-18-10-9-14-7-5-6-8-16(14)17(18)12-15(13-20)19(22)21-4-2/h1,5-10,12H,4,11H2,2H3,(H,21,22)/b15-12+. The van der Waals surface area contributed by atoms with Crippen molar-refractivity contribution in [3.8, 4) is 24.2 Å². The Morgan fingerprint density at radius 3 is 2.83 bits per heavy atom. The number of ether oxygens (including phenoxy) is 1. The number of hydrogen-bond donors (Lipinski definition) is 1. The van der Waals surface area contributed by atoms with Crippen molar-refractivity contribution in [2.45, 2.75) is 6.92 Å². The molecule has 0 bridgehead atoms. The van der Waals surface area contributed by atoms with Gasteiger partial charge in [0.05, 0.1) is 0 Å². The van der Waals surface area contributed by atoms with E-state index in [1.807, 2.05) is 36.4 Å². The topological polar surface area (TPSA) is 62.1 Å². The Hall–Kier alpha value is -3.24. The maximum atomic E-state index is 12.0. The normalized spacial score (nSPS) is 10.7. The first-order valence-electron chi connectivity index (χ1n) is 7.19. The Kier molecular flexibility index (Phi) is 5.39. The third-order valence-electron chi connectivity index (χ3n) is 3.23. The van der Waals surface area contributed by atoms with Gasteiger partial charge >= 0.3 is 0 Å². The summed E-state index contributed by atoms with van der Waals surface area (Å²) in [7, 11) is 0. The summed E-state index contributed by atoms with van der Waals surface area (Å²) in [5, 5.41) is 13.8. The van der Waals surface area contributed by atoms with E-state index in [2.05, 4.69) is 11.2 Å². The van der Waals surface area contributed by atoms with Gasteiger partial charge in [-0.25, -0.2) is 0 Å². The molecule has 0 saturated carbocycles. The fraction of sp³-hybridized carbons (Fsp3) is 0.158. The molecule has 0 atom stereocenters. The molecule has 114 valence electrons. The van der Waals surface area contributed by atoms with Crippen LogP contribution in [0.4, 0.5) is 0 Å². The summed E-state index contributed by atoms with van der Waals surface area (Å²) >= 11 is 0. The molecule has 2 rings (SSSR count). The first-order valence-corrected chi connectivity index (χ1v) is 7.19. The number of rotatable bonds is 5. The molecule has 0 aliphatic heterocycles. The van der Waals surface area contributed by atoms with Gasteiger partial charge in [0.25, 0.3) is 5.91 Å². The number of likely N-dealkylation sites (N-methyl/N-ethyl adjacent to an activating group) is 1. The highest BCUT2D eigenvalue weighted by atomic mass is 16.5. The summed E-state index contributed by atoms with van der Waals surface area (Å²) in [5.41, 5.74) is 0.690. The molecular weight excluding hydrogens is 288 g/mol. The lowest BCUT2D eigenvalue weighted by Crippen LogP contribution is -2.23. The Morgan fingerprint density at radius 1 is 1.35 bits per heavy atom. The van der Waals surface area contributed by atoms with E-state index in [4.69, 9.17) is 11.2 Å². The van der Waals surface area contributed by atoms with Crippen molar-refractivity contribution in [2.24, 2.45) is 0 Å².